The van der Waals surface area contributed by atoms with Crippen molar-refractivity contribution in [2.24, 2.45) is 23.4 Å². The van der Waals surface area contributed by atoms with E-state index in [0.717, 1.165) is 0 Å². The molecule has 17 heavy (non-hydrogen) atoms. The number of hydrogen-bond donors (Lipinski definition) is 3. The summed E-state index contributed by atoms with van der Waals surface area (Å²) >= 11 is 0. The summed E-state index contributed by atoms with van der Waals surface area (Å²) in [6, 6.07) is 0. The van der Waals surface area contributed by atoms with Crippen LogP contribution in [0.2, 0.25) is 0 Å². The van der Waals surface area contributed by atoms with Crippen LogP contribution in [0.4, 0.5) is 0 Å². The van der Waals surface area contributed by atoms with Crippen molar-refractivity contribution in [1.82, 2.24) is 14.9 Å². The van der Waals surface area contributed by atoms with Crippen LogP contribution in [0.1, 0.15) is 24.3 Å². The average molecular weight is 239 g/mol. The molecule has 0 saturated heterocycles. The predicted octanol–water partition coefficient (Wildman–Crippen LogP) is -0.0775. The van der Waals surface area contributed by atoms with Gasteiger partial charge in [-0.25, -0.2) is 4.98 Å². The van der Waals surface area contributed by atoms with E-state index in [1.54, 1.807) is 31.8 Å². The van der Waals surface area contributed by atoms with Gasteiger partial charge in [0, 0.05) is 19.0 Å². The zero-order valence-corrected chi connectivity index (χ0v) is 10.1. The highest BCUT2D eigenvalue weighted by Crippen LogP contribution is 2.13. The van der Waals surface area contributed by atoms with Crippen LogP contribution in [0.15, 0.2) is 17.7 Å². The molecule has 0 spiro atoms. The van der Waals surface area contributed by atoms with E-state index in [1.165, 1.54) is 6.20 Å². The molecule has 1 amide bonds. The topological polar surface area (TPSA) is 106 Å². The van der Waals surface area contributed by atoms with Crippen molar-refractivity contribution in [2.45, 2.75) is 13.8 Å². The second-order valence-corrected chi connectivity index (χ2v) is 4.44. The molecule has 1 aromatic rings. The predicted molar refractivity (Wildman–Crippen MR) is 62.7 cm³/mol. The molecule has 94 valence electrons. The number of carbonyl (C=O) groups excluding carboxylic acids is 1. The van der Waals surface area contributed by atoms with Crippen molar-refractivity contribution in [3.05, 3.63) is 18.2 Å². The summed E-state index contributed by atoms with van der Waals surface area (Å²) in [6.45, 7) is 3.81. The van der Waals surface area contributed by atoms with Crippen LogP contribution >= 0.6 is 0 Å². The van der Waals surface area contributed by atoms with Crippen molar-refractivity contribution in [2.75, 3.05) is 6.54 Å². The largest absolute Gasteiger partial charge is 0.409 e. The molecule has 0 saturated carbocycles. The van der Waals surface area contributed by atoms with E-state index >= 15 is 0 Å². The molecular weight excluding hydrogens is 222 g/mol. The quantitative estimate of drug-likeness (QED) is 0.296. The summed E-state index contributed by atoms with van der Waals surface area (Å²) in [5, 5.41) is 14.3. The summed E-state index contributed by atoms with van der Waals surface area (Å²) in [5.74, 6) is -0.174. The number of nitrogens with two attached hydrogens (primary N) is 1. The number of hydrogen-bond acceptors (Lipinski definition) is 4. The fourth-order valence-corrected chi connectivity index (χ4v) is 1.19. The van der Waals surface area contributed by atoms with Gasteiger partial charge in [0.2, 0.25) is 0 Å². The van der Waals surface area contributed by atoms with E-state index in [-0.39, 0.29) is 18.3 Å². The van der Waals surface area contributed by atoms with E-state index < -0.39 is 5.41 Å². The molecule has 0 radical (unpaired) electrons. The molecule has 0 unspecified atom stereocenters. The molecule has 0 aromatic carbocycles. The Morgan fingerprint density at radius 2 is 2.35 bits per heavy atom. The summed E-state index contributed by atoms with van der Waals surface area (Å²) < 4.78 is 1.62. The number of aryl methyl sites for hydroxylation is 1. The number of nitrogens with one attached hydrogen (secondary N) is 1. The fraction of sp³-hybridized carbons (Fsp3) is 0.500. The third-order valence-corrected chi connectivity index (χ3v) is 2.54. The van der Waals surface area contributed by atoms with Crippen LogP contribution in [0.5, 0.6) is 0 Å². The van der Waals surface area contributed by atoms with Crippen molar-refractivity contribution in [3.8, 4) is 0 Å². The maximum Gasteiger partial charge on any atom is 0.269 e. The molecule has 0 aliphatic carbocycles. The molecule has 1 rings (SSSR count). The SMILES string of the molecule is Cn1cncc1C(=O)NCC(C)(C)/C(N)=N/O. The molecule has 0 fully saturated rings. The molecule has 4 N–H and O–H groups in total. The first-order valence-electron chi connectivity index (χ1n) is 5.11. The lowest BCUT2D eigenvalue weighted by molar-refractivity contribution is 0.0936. The fourth-order valence-electron chi connectivity index (χ4n) is 1.19. The van der Waals surface area contributed by atoms with Gasteiger partial charge >= 0.3 is 0 Å². The summed E-state index contributed by atoms with van der Waals surface area (Å²) in [4.78, 5) is 15.6. The van der Waals surface area contributed by atoms with Crippen LogP contribution in [0.3, 0.4) is 0 Å². The summed E-state index contributed by atoms with van der Waals surface area (Å²) in [7, 11) is 1.73. The lowest BCUT2D eigenvalue weighted by Crippen LogP contribution is -2.42. The molecule has 0 bridgehead atoms. The Hall–Kier alpha value is -2.05. The maximum atomic E-state index is 11.8. The van der Waals surface area contributed by atoms with Crippen LogP contribution in [-0.2, 0) is 7.05 Å². The van der Waals surface area contributed by atoms with Gasteiger partial charge in [0.05, 0.1) is 12.5 Å². The molecule has 1 aromatic heterocycles. The molecule has 0 aliphatic rings. The minimum Gasteiger partial charge on any atom is -0.409 e. The smallest absolute Gasteiger partial charge is 0.269 e. The zero-order valence-electron chi connectivity index (χ0n) is 10.1. The molecule has 0 aliphatic heterocycles. The Kier molecular flexibility index (Phi) is 3.72. The van der Waals surface area contributed by atoms with E-state index in [4.69, 9.17) is 10.9 Å². The van der Waals surface area contributed by atoms with Gasteiger partial charge in [-0.15, -0.1) is 0 Å². The van der Waals surface area contributed by atoms with Crippen LogP contribution in [0.25, 0.3) is 0 Å². The number of rotatable bonds is 4. The number of carbonyl (C=O) groups is 1. The first kappa shape index (κ1) is 13.0. The highest BCUT2D eigenvalue weighted by molar-refractivity contribution is 5.93. The zero-order chi connectivity index (χ0) is 13.1. The molecule has 7 nitrogen and oxygen atoms in total. The van der Waals surface area contributed by atoms with Gasteiger partial charge in [-0.3, -0.25) is 4.79 Å². The number of nitrogens with zero attached hydrogens (tertiary/aromatic N) is 3. The molecule has 7 heteroatoms. The first-order chi connectivity index (χ1) is 7.88. The Bertz CT molecular complexity index is 436. The van der Waals surface area contributed by atoms with Crippen molar-refractivity contribution >= 4 is 11.7 Å². The van der Waals surface area contributed by atoms with Gasteiger partial charge < -0.3 is 20.8 Å². The third-order valence-electron chi connectivity index (χ3n) is 2.54. The normalized spacial score (nSPS) is 12.5. The number of imidazole rings is 1. The van der Waals surface area contributed by atoms with Gasteiger partial charge in [-0.2, -0.15) is 0 Å². The minimum absolute atomic E-state index is 0.0720. The third kappa shape index (κ3) is 2.96. The number of aromatic nitrogens is 2. The van der Waals surface area contributed by atoms with Gasteiger partial charge in [-0.1, -0.05) is 19.0 Å². The second kappa shape index (κ2) is 4.86. The Morgan fingerprint density at radius 1 is 1.71 bits per heavy atom. The number of oxime groups is 1. The van der Waals surface area contributed by atoms with E-state index in [1.807, 2.05) is 0 Å². The first-order valence-corrected chi connectivity index (χ1v) is 5.11. The molecule has 1 heterocycles. The van der Waals surface area contributed by atoms with Gasteiger partial charge in [-0.05, 0) is 0 Å². The van der Waals surface area contributed by atoms with Crippen molar-refractivity contribution in [1.29, 1.82) is 0 Å². The lowest BCUT2D eigenvalue weighted by atomic mass is 9.92. The summed E-state index contributed by atoms with van der Waals surface area (Å²) in [5.41, 5.74) is 5.37. The number of amidine groups is 1. The Labute approximate surface area is 99.3 Å². The monoisotopic (exact) mass is 239 g/mol. The van der Waals surface area contributed by atoms with Crippen molar-refractivity contribution < 1.29 is 10.0 Å². The Morgan fingerprint density at radius 3 is 2.82 bits per heavy atom. The van der Waals surface area contributed by atoms with Crippen LogP contribution in [-0.4, -0.2) is 33.0 Å². The van der Waals surface area contributed by atoms with Crippen LogP contribution < -0.4 is 11.1 Å². The van der Waals surface area contributed by atoms with Gasteiger partial charge in [0.1, 0.15) is 11.5 Å². The molecule has 0 atom stereocenters. The van der Waals surface area contributed by atoms with E-state index in [0.29, 0.717) is 5.69 Å². The maximum absolute atomic E-state index is 11.8. The molecular formula is C10H17N5O2. The highest BCUT2D eigenvalue weighted by atomic mass is 16.4. The average Bonchev–Trinajstić information content (AvgIpc) is 2.71. The van der Waals surface area contributed by atoms with E-state index in [2.05, 4.69) is 15.5 Å². The Balaban J connectivity index is 2.64. The van der Waals surface area contributed by atoms with Gasteiger partial charge in [0.25, 0.3) is 5.91 Å². The summed E-state index contributed by atoms with van der Waals surface area (Å²) in [6.07, 6.45) is 3.02. The minimum atomic E-state index is -0.608. The van der Waals surface area contributed by atoms with Crippen molar-refractivity contribution in [3.63, 3.8) is 0 Å². The lowest BCUT2D eigenvalue weighted by Gasteiger charge is -2.22. The van der Waals surface area contributed by atoms with Gasteiger partial charge in [0.15, 0.2) is 0 Å². The van der Waals surface area contributed by atoms with E-state index in [9.17, 15) is 4.79 Å². The second-order valence-electron chi connectivity index (χ2n) is 4.44. The number of amides is 1. The standard InChI is InChI=1S/C10H17N5O2/c1-10(2,9(11)14-17)5-13-8(16)7-4-12-6-15(7)3/h4,6,17H,5H2,1-3H3,(H2,11,14)(H,13,16). The highest BCUT2D eigenvalue weighted by Gasteiger charge is 2.24. The van der Waals surface area contributed by atoms with Crippen LogP contribution in [0, 0.1) is 5.41 Å².